The van der Waals surface area contributed by atoms with Gasteiger partial charge in [0.1, 0.15) is 5.82 Å². The van der Waals surface area contributed by atoms with Crippen molar-refractivity contribution in [1.82, 2.24) is 14.5 Å². The predicted molar refractivity (Wildman–Crippen MR) is 113 cm³/mol. The van der Waals surface area contributed by atoms with Gasteiger partial charge in [-0.1, -0.05) is 42.5 Å². The van der Waals surface area contributed by atoms with Crippen LogP contribution in [0.15, 0.2) is 91.5 Å². The SMILES string of the molecule is c1ccc(-c2ccnc(-n3ccc4ccc5c(c43)Cc3cnccc3-5)c2)cc1. The van der Waals surface area contributed by atoms with Gasteiger partial charge in [-0.2, -0.15) is 0 Å². The molecule has 3 aromatic heterocycles. The van der Waals surface area contributed by atoms with Gasteiger partial charge in [-0.15, -0.1) is 0 Å². The van der Waals surface area contributed by atoms with Crippen LogP contribution in [0.3, 0.4) is 0 Å². The van der Waals surface area contributed by atoms with Crippen molar-refractivity contribution >= 4 is 10.9 Å². The molecule has 0 aliphatic heterocycles. The molecule has 0 unspecified atom stereocenters. The summed E-state index contributed by atoms with van der Waals surface area (Å²) in [5.41, 5.74) is 8.88. The van der Waals surface area contributed by atoms with Gasteiger partial charge < -0.3 is 4.57 Å². The molecule has 3 heteroatoms. The highest BCUT2D eigenvalue weighted by Gasteiger charge is 2.22. The van der Waals surface area contributed by atoms with Crippen LogP contribution >= 0.6 is 0 Å². The zero-order chi connectivity index (χ0) is 18.5. The first-order chi connectivity index (χ1) is 13.9. The Morgan fingerprint density at radius 1 is 0.786 bits per heavy atom. The van der Waals surface area contributed by atoms with Gasteiger partial charge in [0.25, 0.3) is 0 Å². The molecule has 0 saturated carbocycles. The summed E-state index contributed by atoms with van der Waals surface area (Å²) in [6.07, 6.45) is 8.80. The lowest BCUT2D eigenvalue weighted by atomic mass is 10.0. The highest BCUT2D eigenvalue weighted by molar-refractivity contribution is 5.94. The first-order valence-corrected chi connectivity index (χ1v) is 9.46. The number of aromatic nitrogens is 3. The lowest BCUT2D eigenvalue weighted by molar-refractivity contribution is 1.03. The maximum absolute atomic E-state index is 4.68. The van der Waals surface area contributed by atoms with E-state index in [2.05, 4.69) is 81.4 Å². The van der Waals surface area contributed by atoms with E-state index in [4.69, 9.17) is 0 Å². The smallest absolute Gasteiger partial charge is 0.137 e. The van der Waals surface area contributed by atoms with E-state index in [0.29, 0.717) is 0 Å². The molecule has 0 fully saturated rings. The molecule has 0 bridgehead atoms. The number of pyridine rings is 2. The van der Waals surface area contributed by atoms with Crippen molar-refractivity contribution in [3.63, 3.8) is 0 Å². The van der Waals surface area contributed by atoms with Crippen LogP contribution in [-0.4, -0.2) is 14.5 Å². The first kappa shape index (κ1) is 15.3. The molecule has 0 radical (unpaired) electrons. The third kappa shape index (κ3) is 2.23. The summed E-state index contributed by atoms with van der Waals surface area (Å²) in [4.78, 5) is 9.00. The van der Waals surface area contributed by atoms with Crippen molar-refractivity contribution in [3.8, 4) is 28.1 Å². The molecule has 0 spiro atoms. The maximum Gasteiger partial charge on any atom is 0.137 e. The second-order valence-corrected chi connectivity index (χ2v) is 7.19. The minimum Gasteiger partial charge on any atom is -0.301 e. The molecule has 1 aliphatic rings. The summed E-state index contributed by atoms with van der Waals surface area (Å²) in [6, 6.07) is 23.4. The molecule has 0 amide bonds. The van der Waals surface area contributed by atoms with Crippen molar-refractivity contribution in [2.75, 3.05) is 0 Å². The largest absolute Gasteiger partial charge is 0.301 e. The fourth-order valence-electron chi connectivity index (χ4n) is 4.31. The number of benzene rings is 2. The van der Waals surface area contributed by atoms with E-state index in [1.165, 1.54) is 44.3 Å². The number of fused-ring (bicyclic) bond motifs is 5. The Bertz CT molecular complexity index is 1330. The van der Waals surface area contributed by atoms with Crippen LogP contribution in [-0.2, 0) is 6.42 Å². The summed E-state index contributed by atoms with van der Waals surface area (Å²) in [5.74, 6) is 0.943. The van der Waals surface area contributed by atoms with Crippen molar-refractivity contribution in [2.24, 2.45) is 0 Å². The van der Waals surface area contributed by atoms with Gasteiger partial charge in [-0.3, -0.25) is 4.98 Å². The van der Waals surface area contributed by atoms with Crippen molar-refractivity contribution in [3.05, 3.63) is 103 Å². The van der Waals surface area contributed by atoms with Gasteiger partial charge >= 0.3 is 0 Å². The molecular formula is C25H17N3. The first-order valence-electron chi connectivity index (χ1n) is 9.46. The lowest BCUT2D eigenvalue weighted by Crippen LogP contribution is -1.98. The Labute approximate surface area is 163 Å². The van der Waals surface area contributed by atoms with E-state index in [1.54, 1.807) is 0 Å². The third-order valence-corrected chi connectivity index (χ3v) is 5.62. The summed E-state index contributed by atoms with van der Waals surface area (Å²) in [6.45, 7) is 0. The molecule has 1 aliphatic carbocycles. The Morgan fingerprint density at radius 3 is 2.64 bits per heavy atom. The van der Waals surface area contributed by atoms with Gasteiger partial charge in [0.15, 0.2) is 0 Å². The van der Waals surface area contributed by atoms with E-state index >= 15 is 0 Å². The van der Waals surface area contributed by atoms with Gasteiger partial charge in [0.2, 0.25) is 0 Å². The van der Waals surface area contributed by atoms with Crippen LogP contribution < -0.4 is 0 Å². The molecule has 132 valence electrons. The van der Waals surface area contributed by atoms with Crippen LogP contribution in [0.4, 0.5) is 0 Å². The number of hydrogen-bond acceptors (Lipinski definition) is 2. The summed E-state index contributed by atoms with van der Waals surface area (Å²) in [5, 5.41) is 1.24. The van der Waals surface area contributed by atoms with Crippen molar-refractivity contribution in [1.29, 1.82) is 0 Å². The molecule has 6 rings (SSSR count). The zero-order valence-corrected chi connectivity index (χ0v) is 15.2. The van der Waals surface area contributed by atoms with E-state index in [9.17, 15) is 0 Å². The van der Waals surface area contributed by atoms with E-state index in [1.807, 2.05) is 24.7 Å². The Balaban J connectivity index is 1.56. The van der Waals surface area contributed by atoms with Crippen LogP contribution in [0.1, 0.15) is 11.1 Å². The number of hydrogen-bond donors (Lipinski definition) is 0. The summed E-state index contributed by atoms with van der Waals surface area (Å²) in [7, 11) is 0. The van der Waals surface area contributed by atoms with Crippen LogP contribution in [0, 0.1) is 0 Å². The molecule has 0 N–H and O–H groups in total. The molecule has 0 saturated heterocycles. The standard InChI is InChI=1S/C25H17N3/c1-2-4-17(5-3-1)19-8-12-27-24(15-19)28-13-10-18-6-7-22-21-9-11-26-16-20(21)14-23(22)25(18)28/h1-13,15-16H,14H2. The van der Waals surface area contributed by atoms with Gasteiger partial charge in [-0.05, 0) is 57.6 Å². The Hall–Kier alpha value is -3.72. The molecule has 5 aromatic rings. The van der Waals surface area contributed by atoms with Gasteiger partial charge in [0.05, 0.1) is 5.52 Å². The zero-order valence-electron chi connectivity index (χ0n) is 15.2. The average Bonchev–Trinajstić information content (AvgIpc) is 3.36. The fourth-order valence-corrected chi connectivity index (χ4v) is 4.31. The second-order valence-electron chi connectivity index (χ2n) is 7.19. The highest BCUT2D eigenvalue weighted by atomic mass is 15.0. The Morgan fingerprint density at radius 2 is 1.71 bits per heavy atom. The molecule has 3 nitrogen and oxygen atoms in total. The Kier molecular flexibility index (Phi) is 3.23. The van der Waals surface area contributed by atoms with Gasteiger partial charge in [0, 0.05) is 36.6 Å². The minimum absolute atomic E-state index is 0.915. The normalized spacial score (nSPS) is 12.1. The molecule has 2 aromatic carbocycles. The lowest BCUT2D eigenvalue weighted by Gasteiger charge is -2.10. The van der Waals surface area contributed by atoms with Gasteiger partial charge in [-0.25, -0.2) is 4.98 Å². The summed E-state index contributed by atoms with van der Waals surface area (Å²) >= 11 is 0. The third-order valence-electron chi connectivity index (χ3n) is 5.62. The quantitative estimate of drug-likeness (QED) is 0.399. The van der Waals surface area contributed by atoms with E-state index < -0.39 is 0 Å². The van der Waals surface area contributed by atoms with Crippen molar-refractivity contribution in [2.45, 2.75) is 6.42 Å². The molecular weight excluding hydrogens is 342 g/mol. The number of nitrogens with zero attached hydrogens (tertiary/aromatic N) is 3. The van der Waals surface area contributed by atoms with Crippen LogP contribution in [0.25, 0.3) is 39.0 Å². The second kappa shape index (κ2) is 5.89. The highest BCUT2D eigenvalue weighted by Crippen LogP contribution is 2.40. The molecule has 0 atom stereocenters. The monoisotopic (exact) mass is 359 g/mol. The van der Waals surface area contributed by atoms with Crippen molar-refractivity contribution < 1.29 is 0 Å². The maximum atomic E-state index is 4.68. The van der Waals surface area contributed by atoms with E-state index in [0.717, 1.165) is 12.2 Å². The average molecular weight is 359 g/mol. The van der Waals surface area contributed by atoms with Crippen LogP contribution in [0.2, 0.25) is 0 Å². The topological polar surface area (TPSA) is 30.7 Å². The van der Waals surface area contributed by atoms with E-state index in [-0.39, 0.29) is 0 Å². The summed E-state index contributed by atoms with van der Waals surface area (Å²) < 4.78 is 2.22. The van der Waals surface area contributed by atoms with Crippen LogP contribution in [0.5, 0.6) is 0 Å². The number of rotatable bonds is 2. The fraction of sp³-hybridized carbons (Fsp3) is 0.0400. The minimum atomic E-state index is 0.915. The predicted octanol–water partition coefficient (Wildman–Crippen LogP) is 5.66. The molecule has 3 heterocycles. The molecule has 28 heavy (non-hydrogen) atoms.